The zero-order valence-electron chi connectivity index (χ0n) is 9.63. The predicted octanol–water partition coefficient (Wildman–Crippen LogP) is 1.35. The Balaban J connectivity index is 2.21. The molecule has 18 heavy (non-hydrogen) atoms. The van der Waals surface area contributed by atoms with Gasteiger partial charge in [0.15, 0.2) is 0 Å². The van der Waals surface area contributed by atoms with E-state index >= 15 is 0 Å². The first-order valence-corrected chi connectivity index (χ1v) is 5.49. The predicted molar refractivity (Wildman–Crippen MR) is 66.3 cm³/mol. The summed E-state index contributed by atoms with van der Waals surface area (Å²) in [5, 5.41) is 4.56. The van der Waals surface area contributed by atoms with Crippen LogP contribution >= 0.6 is 11.6 Å². The van der Waals surface area contributed by atoms with E-state index in [2.05, 4.69) is 14.8 Å². The fourth-order valence-corrected chi connectivity index (χ4v) is 1.62. The Morgan fingerprint density at radius 3 is 3.06 bits per heavy atom. The van der Waals surface area contributed by atoms with E-state index in [1.54, 1.807) is 18.2 Å². The molecule has 2 N–H and O–H groups in total. The summed E-state index contributed by atoms with van der Waals surface area (Å²) >= 11 is 6.03. The smallest absolute Gasteiger partial charge is 0.377 e. The van der Waals surface area contributed by atoms with Crippen molar-refractivity contribution in [2.45, 2.75) is 6.54 Å². The molecule has 7 heteroatoms. The molecular weight excluding hydrogens is 256 g/mol. The van der Waals surface area contributed by atoms with Gasteiger partial charge in [-0.25, -0.2) is 14.5 Å². The molecule has 0 radical (unpaired) electrons. The van der Waals surface area contributed by atoms with Crippen LogP contribution in [0.2, 0.25) is 5.02 Å². The summed E-state index contributed by atoms with van der Waals surface area (Å²) in [6.45, 7) is 0.383. The normalized spacial score (nSPS) is 10.3. The van der Waals surface area contributed by atoms with E-state index in [-0.39, 0.29) is 5.82 Å². The zero-order chi connectivity index (χ0) is 13.1. The molecule has 0 spiro atoms. The maximum absolute atomic E-state index is 11.2. The lowest BCUT2D eigenvalue weighted by Crippen LogP contribution is -2.07. The van der Waals surface area contributed by atoms with Crippen LogP contribution in [-0.2, 0) is 11.3 Å². The number of hydrogen-bond acceptors (Lipinski definition) is 5. The number of carbonyl (C=O) groups is 1. The second-order valence-corrected chi connectivity index (χ2v) is 4.02. The molecule has 0 bridgehead atoms. The number of hydrogen-bond donors (Lipinski definition) is 1. The number of nitrogen functional groups attached to an aromatic ring is 1. The van der Waals surface area contributed by atoms with Crippen molar-refractivity contribution in [1.29, 1.82) is 0 Å². The third-order valence-electron chi connectivity index (χ3n) is 2.31. The topological polar surface area (TPSA) is 83.0 Å². The summed E-state index contributed by atoms with van der Waals surface area (Å²) < 4.78 is 6.01. The maximum atomic E-state index is 11.2. The van der Waals surface area contributed by atoms with Gasteiger partial charge in [-0.2, -0.15) is 0 Å². The second kappa shape index (κ2) is 5.05. The summed E-state index contributed by atoms with van der Waals surface area (Å²) in [4.78, 5) is 15.0. The molecule has 2 rings (SSSR count). The van der Waals surface area contributed by atoms with Crippen LogP contribution in [0.15, 0.2) is 24.5 Å². The number of rotatable bonds is 3. The fourth-order valence-electron chi connectivity index (χ4n) is 1.45. The third kappa shape index (κ3) is 2.60. The van der Waals surface area contributed by atoms with Gasteiger partial charge in [-0.15, -0.1) is 5.10 Å². The number of halogens is 1. The number of esters is 1. The van der Waals surface area contributed by atoms with Gasteiger partial charge in [0.05, 0.1) is 13.7 Å². The van der Waals surface area contributed by atoms with Gasteiger partial charge in [-0.3, -0.25) is 0 Å². The summed E-state index contributed by atoms with van der Waals surface area (Å²) in [5.41, 5.74) is 7.10. The Hall–Kier alpha value is -2.08. The molecule has 0 aliphatic heterocycles. The molecule has 0 aliphatic rings. The van der Waals surface area contributed by atoms with Crippen molar-refractivity contribution in [2.24, 2.45) is 0 Å². The van der Waals surface area contributed by atoms with Crippen LogP contribution in [0.3, 0.4) is 0 Å². The van der Waals surface area contributed by atoms with Gasteiger partial charge in [-0.05, 0) is 23.8 Å². The van der Waals surface area contributed by atoms with Crippen molar-refractivity contribution in [2.75, 3.05) is 12.8 Å². The molecule has 0 saturated carbocycles. The van der Waals surface area contributed by atoms with Crippen LogP contribution < -0.4 is 5.73 Å². The molecule has 0 amide bonds. The Labute approximate surface area is 108 Å². The first-order valence-electron chi connectivity index (χ1n) is 5.12. The van der Waals surface area contributed by atoms with Gasteiger partial charge in [0.25, 0.3) is 5.82 Å². The number of nitrogens with two attached hydrogens (primary N) is 1. The first-order chi connectivity index (χ1) is 8.60. The number of benzene rings is 1. The quantitative estimate of drug-likeness (QED) is 0.670. The molecule has 0 fully saturated rings. The van der Waals surface area contributed by atoms with Crippen LogP contribution in [-0.4, -0.2) is 27.8 Å². The Morgan fingerprint density at radius 2 is 2.33 bits per heavy atom. The van der Waals surface area contributed by atoms with E-state index in [0.717, 1.165) is 5.56 Å². The Kier molecular flexibility index (Phi) is 3.47. The Bertz CT molecular complexity index is 582. The molecule has 0 unspecified atom stereocenters. The molecule has 1 aromatic carbocycles. The SMILES string of the molecule is COC(=O)c1ncn(Cc2cc(N)ccc2Cl)n1. The highest BCUT2D eigenvalue weighted by molar-refractivity contribution is 6.31. The van der Waals surface area contributed by atoms with E-state index < -0.39 is 5.97 Å². The second-order valence-electron chi connectivity index (χ2n) is 3.61. The van der Waals surface area contributed by atoms with E-state index in [1.807, 2.05) is 0 Å². The van der Waals surface area contributed by atoms with E-state index in [4.69, 9.17) is 17.3 Å². The summed E-state index contributed by atoms with van der Waals surface area (Å²) in [7, 11) is 1.28. The fraction of sp³-hybridized carbons (Fsp3) is 0.182. The van der Waals surface area contributed by atoms with Crippen molar-refractivity contribution in [3.63, 3.8) is 0 Å². The number of carbonyl (C=O) groups excluding carboxylic acids is 1. The average Bonchev–Trinajstić information content (AvgIpc) is 2.81. The first kappa shape index (κ1) is 12.4. The molecule has 0 aliphatic carbocycles. The average molecular weight is 267 g/mol. The molecule has 0 atom stereocenters. The number of nitrogens with zero attached hydrogens (tertiary/aromatic N) is 3. The standard InChI is InChI=1S/C11H11ClN4O2/c1-18-11(17)10-14-6-16(15-10)5-7-4-8(13)2-3-9(7)12/h2-4,6H,5,13H2,1H3. The lowest BCUT2D eigenvalue weighted by molar-refractivity contribution is 0.0586. The molecular formula is C11H11ClN4O2. The van der Waals surface area contributed by atoms with E-state index in [9.17, 15) is 4.79 Å². The van der Waals surface area contributed by atoms with Crippen LogP contribution in [0.25, 0.3) is 0 Å². The van der Waals surface area contributed by atoms with Crippen LogP contribution in [0, 0.1) is 0 Å². The van der Waals surface area contributed by atoms with Crippen LogP contribution in [0.1, 0.15) is 16.2 Å². The van der Waals surface area contributed by atoms with Gasteiger partial charge < -0.3 is 10.5 Å². The minimum atomic E-state index is -0.576. The maximum Gasteiger partial charge on any atom is 0.377 e. The molecule has 94 valence electrons. The largest absolute Gasteiger partial charge is 0.463 e. The number of aromatic nitrogens is 3. The van der Waals surface area contributed by atoms with Crippen molar-refractivity contribution >= 4 is 23.3 Å². The molecule has 6 nitrogen and oxygen atoms in total. The van der Waals surface area contributed by atoms with Gasteiger partial charge in [0.1, 0.15) is 6.33 Å². The minimum Gasteiger partial charge on any atom is -0.463 e. The molecule has 0 saturated heterocycles. The van der Waals surface area contributed by atoms with Crippen molar-refractivity contribution in [1.82, 2.24) is 14.8 Å². The summed E-state index contributed by atoms with van der Waals surface area (Å²) in [6.07, 6.45) is 1.44. The van der Waals surface area contributed by atoms with Gasteiger partial charge in [0, 0.05) is 10.7 Å². The molecule has 1 heterocycles. The highest BCUT2D eigenvalue weighted by atomic mass is 35.5. The number of anilines is 1. The minimum absolute atomic E-state index is 0.0116. The van der Waals surface area contributed by atoms with Crippen LogP contribution in [0.4, 0.5) is 5.69 Å². The van der Waals surface area contributed by atoms with Crippen molar-refractivity contribution in [3.8, 4) is 0 Å². The van der Waals surface area contributed by atoms with Crippen molar-refractivity contribution in [3.05, 3.63) is 40.9 Å². The number of methoxy groups -OCH3 is 1. The summed E-state index contributed by atoms with van der Waals surface area (Å²) in [5.74, 6) is -0.565. The monoisotopic (exact) mass is 266 g/mol. The van der Waals surface area contributed by atoms with E-state index in [1.165, 1.54) is 18.1 Å². The third-order valence-corrected chi connectivity index (χ3v) is 2.68. The highest BCUT2D eigenvalue weighted by Gasteiger charge is 2.11. The number of ether oxygens (including phenoxy) is 1. The lowest BCUT2D eigenvalue weighted by Gasteiger charge is -2.04. The zero-order valence-corrected chi connectivity index (χ0v) is 10.4. The molecule has 2 aromatic rings. The van der Waals surface area contributed by atoms with Crippen LogP contribution in [0.5, 0.6) is 0 Å². The van der Waals surface area contributed by atoms with Crippen molar-refractivity contribution < 1.29 is 9.53 Å². The highest BCUT2D eigenvalue weighted by Crippen LogP contribution is 2.19. The lowest BCUT2D eigenvalue weighted by atomic mass is 10.2. The van der Waals surface area contributed by atoms with Gasteiger partial charge in [0.2, 0.25) is 0 Å². The molecule has 1 aromatic heterocycles. The van der Waals surface area contributed by atoms with E-state index in [0.29, 0.717) is 17.3 Å². The Morgan fingerprint density at radius 1 is 1.56 bits per heavy atom. The van der Waals surface area contributed by atoms with Gasteiger partial charge in [-0.1, -0.05) is 11.6 Å². The summed E-state index contributed by atoms with van der Waals surface area (Å²) in [6, 6.07) is 5.18. The van der Waals surface area contributed by atoms with Gasteiger partial charge >= 0.3 is 5.97 Å².